The summed E-state index contributed by atoms with van der Waals surface area (Å²) in [6, 6.07) is 10.7. The summed E-state index contributed by atoms with van der Waals surface area (Å²) in [6.45, 7) is 7.67. The number of ketones is 2. The molecule has 2 aliphatic heterocycles. The number of hydrogen-bond donors (Lipinski definition) is 2. The molecular formula is C36H36O8. The van der Waals surface area contributed by atoms with E-state index in [2.05, 4.69) is 0 Å². The van der Waals surface area contributed by atoms with E-state index in [0.717, 1.165) is 16.7 Å². The molecule has 0 amide bonds. The summed E-state index contributed by atoms with van der Waals surface area (Å²) >= 11 is 0. The molecule has 228 valence electrons. The first-order valence-electron chi connectivity index (χ1n) is 14.9. The van der Waals surface area contributed by atoms with Crippen molar-refractivity contribution < 1.29 is 38.8 Å². The molecule has 4 bridgehead atoms. The predicted molar refractivity (Wildman–Crippen MR) is 163 cm³/mol. The highest BCUT2D eigenvalue weighted by molar-refractivity contribution is 6.18. The number of ether oxygens (including phenoxy) is 3. The molecule has 5 atom stereocenters. The maximum absolute atomic E-state index is 14.3. The summed E-state index contributed by atoms with van der Waals surface area (Å²) in [5.41, 5.74) is 0.249. The van der Waals surface area contributed by atoms with Gasteiger partial charge in [-0.3, -0.25) is 9.59 Å². The van der Waals surface area contributed by atoms with E-state index < -0.39 is 40.7 Å². The molecule has 2 aromatic rings. The van der Waals surface area contributed by atoms with Crippen LogP contribution in [0.15, 0.2) is 77.4 Å². The third kappa shape index (κ3) is 4.42. The average Bonchev–Trinajstić information content (AvgIpc) is 3.26. The van der Waals surface area contributed by atoms with Crippen LogP contribution in [0, 0.1) is 17.8 Å². The predicted octanol–water partition coefficient (Wildman–Crippen LogP) is 5.67. The van der Waals surface area contributed by atoms with Gasteiger partial charge < -0.3 is 24.4 Å². The number of carbonyl (C=O) groups excluding carboxylic acids is 3. The van der Waals surface area contributed by atoms with Gasteiger partial charge >= 0.3 is 5.97 Å². The van der Waals surface area contributed by atoms with E-state index in [-0.39, 0.29) is 65.8 Å². The zero-order chi connectivity index (χ0) is 31.4. The third-order valence-electron chi connectivity index (χ3n) is 9.29. The van der Waals surface area contributed by atoms with E-state index in [1.807, 2.05) is 70.2 Å². The van der Waals surface area contributed by atoms with Crippen molar-refractivity contribution in [3.8, 4) is 17.2 Å². The quantitative estimate of drug-likeness (QED) is 0.227. The average molecular weight is 597 g/mol. The maximum atomic E-state index is 14.3. The fourth-order valence-corrected chi connectivity index (χ4v) is 7.15. The fraction of sp³-hybridized carbons (Fsp3) is 0.361. The minimum atomic E-state index is -1.52. The van der Waals surface area contributed by atoms with Gasteiger partial charge in [0.25, 0.3) is 0 Å². The molecule has 2 heterocycles. The van der Waals surface area contributed by atoms with Gasteiger partial charge in [0.15, 0.2) is 22.8 Å². The normalized spacial score (nSPS) is 27.7. The van der Waals surface area contributed by atoms with E-state index in [1.165, 1.54) is 12.1 Å². The number of aromatic hydroxyl groups is 2. The summed E-state index contributed by atoms with van der Waals surface area (Å²) in [6.07, 6.45) is 8.79. The van der Waals surface area contributed by atoms with E-state index >= 15 is 0 Å². The third-order valence-corrected chi connectivity index (χ3v) is 9.29. The van der Waals surface area contributed by atoms with Crippen molar-refractivity contribution in [3.05, 3.63) is 94.1 Å². The number of allylic oxidation sites excluding steroid dienone is 4. The molecule has 8 nitrogen and oxygen atoms in total. The smallest absolute Gasteiger partial charge is 0.330 e. The number of hydrogen-bond acceptors (Lipinski definition) is 8. The minimum absolute atomic E-state index is 0.00476. The molecule has 2 aromatic carbocycles. The summed E-state index contributed by atoms with van der Waals surface area (Å²) in [4.78, 5) is 41.3. The molecule has 0 aromatic heterocycles. The van der Waals surface area contributed by atoms with E-state index in [9.17, 15) is 24.6 Å². The van der Waals surface area contributed by atoms with Crippen molar-refractivity contribution >= 4 is 23.6 Å². The van der Waals surface area contributed by atoms with Crippen LogP contribution >= 0.6 is 0 Å². The van der Waals surface area contributed by atoms with Crippen molar-refractivity contribution in [1.29, 1.82) is 0 Å². The van der Waals surface area contributed by atoms with Gasteiger partial charge in [0.05, 0.1) is 13.2 Å². The van der Waals surface area contributed by atoms with Crippen molar-refractivity contribution in [1.82, 2.24) is 0 Å². The van der Waals surface area contributed by atoms with Crippen LogP contribution in [0.2, 0.25) is 0 Å². The highest BCUT2D eigenvalue weighted by Gasteiger charge is 2.79. The lowest BCUT2D eigenvalue weighted by Gasteiger charge is -2.58. The van der Waals surface area contributed by atoms with Gasteiger partial charge in [0.2, 0.25) is 0 Å². The van der Waals surface area contributed by atoms with E-state index in [0.29, 0.717) is 0 Å². The molecule has 44 heavy (non-hydrogen) atoms. The first-order chi connectivity index (χ1) is 21.0. The molecule has 0 radical (unpaired) electrons. The van der Waals surface area contributed by atoms with Crippen LogP contribution in [0.3, 0.4) is 0 Å². The number of carbonyl (C=O) groups is 3. The highest BCUT2D eigenvalue weighted by atomic mass is 16.6. The standard InChI is InChI=1S/C36H36O8/c1-20(2)10-12-23-28(37)17-29-31(32(23)39)33(40)26-16-24-25(18-42-30(38)13-11-22-8-6-5-7-9-22)27-19-43-35(34(24)41,15-14-21(3)4)36(26,27)44-29/h5-11,13-14,16-17,24-25,27,37,39H,12,15,18-19H2,1-4H3/b13-11+/t24-,25+,27-,35?,36-/m1/s1. The summed E-state index contributed by atoms with van der Waals surface area (Å²) in [7, 11) is 0. The van der Waals surface area contributed by atoms with Crippen molar-refractivity contribution in [2.75, 3.05) is 13.2 Å². The Morgan fingerprint density at radius 1 is 1.07 bits per heavy atom. The first-order valence-corrected chi connectivity index (χ1v) is 14.9. The van der Waals surface area contributed by atoms with Gasteiger partial charge in [-0.15, -0.1) is 0 Å². The van der Waals surface area contributed by atoms with Gasteiger partial charge in [-0.25, -0.2) is 4.79 Å². The van der Waals surface area contributed by atoms with Gasteiger partial charge in [-0.2, -0.15) is 0 Å². The number of fused-ring (bicyclic) bond motifs is 1. The molecule has 2 fully saturated rings. The number of phenolic OH excluding ortho intramolecular Hbond substituents is 2. The second-order valence-corrected chi connectivity index (χ2v) is 12.5. The Morgan fingerprint density at radius 2 is 1.80 bits per heavy atom. The summed E-state index contributed by atoms with van der Waals surface area (Å²) in [5.74, 6) is -3.57. The Bertz CT molecular complexity index is 1670. The molecule has 1 spiro atoms. The second kappa shape index (κ2) is 10.9. The number of phenols is 2. The van der Waals surface area contributed by atoms with Crippen molar-refractivity contribution in [2.24, 2.45) is 17.8 Å². The molecular weight excluding hydrogens is 560 g/mol. The zero-order valence-corrected chi connectivity index (χ0v) is 25.3. The molecule has 1 saturated heterocycles. The summed E-state index contributed by atoms with van der Waals surface area (Å²) < 4.78 is 18.7. The fourth-order valence-electron chi connectivity index (χ4n) is 7.15. The number of esters is 1. The minimum Gasteiger partial charge on any atom is -0.507 e. The van der Waals surface area contributed by atoms with Crippen LogP contribution in [-0.2, 0) is 25.5 Å². The van der Waals surface area contributed by atoms with Gasteiger partial charge in [0.1, 0.15) is 22.8 Å². The second-order valence-electron chi connectivity index (χ2n) is 12.5. The lowest BCUT2D eigenvalue weighted by Crippen LogP contribution is -2.74. The molecule has 1 saturated carbocycles. The Hall–Kier alpha value is -4.43. The molecule has 7 rings (SSSR count). The Morgan fingerprint density at radius 3 is 2.50 bits per heavy atom. The zero-order valence-electron chi connectivity index (χ0n) is 25.3. The molecule has 1 unspecified atom stereocenters. The van der Waals surface area contributed by atoms with Crippen LogP contribution in [0.4, 0.5) is 0 Å². The Labute approximate surface area is 256 Å². The maximum Gasteiger partial charge on any atom is 0.330 e. The molecule has 5 aliphatic rings. The number of benzene rings is 2. The van der Waals surface area contributed by atoms with Crippen LogP contribution in [0.25, 0.3) is 6.08 Å². The monoisotopic (exact) mass is 596 g/mol. The van der Waals surface area contributed by atoms with E-state index in [4.69, 9.17) is 14.2 Å². The van der Waals surface area contributed by atoms with Gasteiger partial charge in [-0.05, 0) is 45.8 Å². The number of Topliss-reactive ketones (excluding diaryl/α,β-unsaturated/α-hetero) is 2. The van der Waals surface area contributed by atoms with Crippen LogP contribution in [0.1, 0.15) is 55.6 Å². The Balaban J connectivity index is 1.40. The number of rotatable bonds is 8. The molecule has 2 N–H and O–H groups in total. The van der Waals surface area contributed by atoms with Crippen LogP contribution in [-0.4, -0.2) is 52.2 Å². The SMILES string of the molecule is CC(C)=CCc1c(O)cc2c(c1O)C(=O)C1=C[C@H]3C(=O)C4(CC=C(C)C)OC[C@H]([C@H]3COC(=O)/C=C/c3ccccc3)[C@]14O2. The summed E-state index contributed by atoms with van der Waals surface area (Å²) in [5, 5.41) is 22.2. The van der Waals surface area contributed by atoms with Crippen LogP contribution < -0.4 is 4.74 Å². The Kier molecular flexibility index (Phi) is 7.36. The lowest BCUT2D eigenvalue weighted by molar-refractivity contribution is -0.174. The van der Waals surface area contributed by atoms with Crippen molar-refractivity contribution in [3.63, 3.8) is 0 Å². The lowest BCUT2D eigenvalue weighted by atomic mass is 9.49. The largest absolute Gasteiger partial charge is 0.507 e. The van der Waals surface area contributed by atoms with Gasteiger partial charge in [0, 0.05) is 47.5 Å². The first kappa shape index (κ1) is 29.6. The van der Waals surface area contributed by atoms with Crippen LogP contribution in [0.5, 0.6) is 17.2 Å². The van der Waals surface area contributed by atoms with Crippen molar-refractivity contribution in [2.45, 2.75) is 51.7 Å². The highest BCUT2D eigenvalue weighted by Crippen LogP contribution is 2.65. The van der Waals surface area contributed by atoms with E-state index in [1.54, 1.807) is 12.2 Å². The molecule has 8 heteroatoms. The topological polar surface area (TPSA) is 119 Å². The van der Waals surface area contributed by atoms with Gasteiger partial charge in [-0.1, -0.05) is 59.7 Å². The molecule has 3 aliphatic carbocycles.